The van der Waals surface area contributed by atoms with Gasteiger partial charge in [0.2, 0.25) is 5.88 Å². The number of hydrogen-bond donors (Lipinski definition) is 0. The SMILES string of the molecule is CCCCC1=C(N2CCOC2=O)Oc2ccc(OC)cc2C1(C)C#C[Si](C)(C)C. The lowest BCUT2D eigenvalue weighted by molar-refractivity contribution is 0.151. The quantitative estimate of drug-likeness (QED) is 0.499. The number of amides is 1. The van der Waals surface area contributed by atoms with E-state index in [1.807, 2.05) is 18.2 Å². The average Bonchev–Trinajstić information content (AvgIpc) is 3.10. The standard InChI is InChI=1S/C23H31NO4Si/c1-7-8-9-18-21(24-13-14-27-22(24)25)28-20-11-10-17(26-3)16-19(20)23(18,2)12-15-29(4,5)6/h10-11,16H,7-9,13-14H2,1-6H3. The summed E-state index contributed by atoms with van der Waals surface area (Å²) in [5.41, 5.74) is 5.04. The van der Waals surface area contributed by atoms with E-state index < -0.39 is 13.5 Å². The summed E-state index contributed by atoms with van der Waals surface area (Å²) in [6.07, 6.45) is 2.49. The molecule has 1 aromatic carbocycles. The molecule has 0 aliphatic carbocycles. The van der Waals surface area contributed by atoms with Crippen LogP contribution < -0.4 is 9.47 Å². The zero-order chi connectivity index (χ0) is 21.2. The molecule has 3 rings (SSSR count). The number of carbonyl (C=O) groups excluding carboxylic acids is 1. The number of benzene rings is 1. The largest absolute Gasteiger partial charge is 0.497 e. The highest BCUT2D eigenvalue weighted by atomic mass is 28.3. The molecule has 6 heteroatoms. The van der Waals surface area contributed by atoms with E-state index in [2.05, 4.69) is 45.0 Å². The molecule has 1 aromatic rings. The molecule has 1 saturated heterocycles. The molecule has 2 aliphatic heterocycles. The number of unbranched alkanes of at least 4 members (excludes halogenated alkanes) is 1. The van der Waals surface area contributed by atoms with Crippen LogP contribution in [0.3, 0.4) is 0 Å². The first-order valence-corrected chi connectivity index (χ1v) is 13.8. The van der Waals surface area contributed by atoms with E-state index in [4.69, 9.17) is 14.2 Å². The number of methoxy groups -OCH3 is 1. The van der Waals surface area contributed by atoms with Gasteiger partial charge in [-0.3, -0.25) is 0 Å². The Morgan fingerprint density at radius 2 is 2.07 bits per heavy atom. The zero-order valence-electron chi connectivity index (χ0n) is 18.3. The second kappa shape index (κ2) is 8.15. The van der Waals surface area contributed by atoms with Crippen LogP contribution in [0.25, 0.3) is 0 Å². The van der Waals surface area contributed by atoms with Crippen molar-refractivity contribution in [1.29, 1.82) is 0 Å². The van der Waals surface area contributed by atoms with Gasteiger partial charge in [0.1, 0.15) is 26.2 Å². The van der Waals surface area contributed by atoms with E-state index in [0.717, 1.165) is 36.1 Å². The van der Waals surface area contributed by atoms with Crippen molar-refractivity contribution in [3.63, 3.8) is 0 Å². The maximum absolute atomic E-state index is 12.4. The highest BCUT2D eigenvalue weighted by molar-refractivity contribution is 6.83. The first kappa shape index (κ1) is 21.3. The third kappa shape index (κ3) is 4.30. The third-order valence-corrected chi connectivity index (χ3v) is 6.14. The van der Waals surface area contributed by atoms with Gasteiger partial charge in [-0.25, -0.2) is 9.69 Å². The van der Waals surface area contributed by atoms with E-state index in [-0.39, 0.29) is 6.09 Å². The van der Waals surface area contributed by atoms with E-state index in [1.165, 1.54) is 0 Å². The summed E-state index contributed by atoms with van der Waals surface area (Å²) in [6.45, 7) is 11.9. The lowest BCUT2D eigenvalue weighted by atomic mass is 9.73. The second-order valence-electron chi connectivity index (χ2n) is 8.74. The van der Waals surface area contributed by atoms with Gasteiger partial charge in [0.25, 0.3) is 0 Å². The first-order valence-electron chi connectivity index (χ1n) is 10.3. The summed E-state index contributed by atoms with van der Waals surface area (Å²) in [4.78, 5) is 14.0. The van der Waals surface area contributed by atoms with Gasteiger partial charge >= 0.3 is 6.09 Å². The zero-order valence-corrected chi connectivity index (χ0v) is 19.3. The fourth-order valence-corrected chi connectivity index (χ4v) is 4.24. The number of nitrogens with zero attached hydrogens (tertiary/aromatic N) is 1. The second-order valence-corrected chi connectivity index (χ2v) is 13.5. The van der Waals surface area contributed by atoms with Crippen LogP contribution in [0.5, 0.6) is 11.5 Å². The number of carbonyl (C=O) groups is 1. The third-order valence-electron chi connectivity index (χ3n) is 5.27. The minimum Gasteiger partial charge on any atom is -0.497 e. The summed E-state index contributed by atoms with van der Waals surface area (Å²) in [6, 6.07) is 5.79. The molecule has 1 amide bonds. The first-order chi connectivity index (χ1) is 13.7. The van der Waals surface area contributed by atoms with Crippen molar-refractivity contribution in [3.05, 3.63) is 35.2 Å². The van der Waals surface area contributed by atoms with Gasteiger partial charge < -0.3 is 14.2 Å². The predicted molar refractivity (Wildman–Crippen MR) is 117 cm³/mol. The van der Waals surface area contributed by atoms with Crippen LogP contribution >= 0.6 is 0 Å². The summed E-state index contributed by atoms with van der Waals surface area (Å²) in [5, 5.41) is 0. The molecule has 0 aromatic heterocycles. The minimum atomic E-state index is -1.62. The van der Waals surface area contributed by atoms with Crippen LogP contribution in [0.4, 0.5) is 4.79 Å². The Hall–Kier alpha value is -2.39. The van der Waals surface area contributed by atoms with Crippen molar-refractivity contribution >= 4 is 14.2 Å². The van der Waals surface area contributed by atoms with E-state index in [9.17, 15) is 4.79 Å². The molecule has 0 N–H and O–H groups in total. The minimum absolute atomic E-state index is 0.355. The van der Waals surface area contributed by atoms with Gasteiger partial charge in [-0.1, -0.05) is 38.9 Å². The van der Waals surface area contributed by atoms with E-state index in [1.54, 1.807) is 12.0 Å². The number of cyclic esters (lactones) is 1. The lowest BCUT2D eigenvalue weighted by Crippen LogP contribution is -2.38. The van der Waals surface area contributed by atoms with Crippen LogP contribution in [0.1, 0.15) is 38.7 Å². The molecule has 29 heavy (non-hydrogen) atoms. The summed E-state index contributed by atoms with van der Waals surface area (Å²) in [5.74, 6) is 5.69. The number of fused-ring (bicyclic) bond motifs is 1. The number of allylic oxidation sites excluding steroid dienone is 1. The Bertz CT molecular complexity index is 890. The van der Waals surface area contributed by atoms with Crippen molar-refractivity contribution in [2.24, 2.45) is 0 Å². The highest BCUT2D eigenvalue weighted by Gasteiger charge is 2.43. The summed E-state index contributed by atoms with van der Waals surface area (Å²) < 4.78 is 17.0. The molecule has 1 unspecified atom stereocenters. The van der Waals surface area contributed by atoms with Gasteiger partial charge in [-0.05, 0) is 38.0 Å². The van der Waals surface area contributed by atoms with Gasteiger partial charge in [0.05, 0.1) is 19.1 Å². The summed E-state index contributed by atoms with van der Waals surface area (Å²) in [7, 11) is 0.0425. The molecule has 1 atom stereocenters. The van der Waals surface area contributed by atoms with E-state index in [0.29, 0.717) is 24.8 Å². The lowest BCUT2D eigenvalue weighted by Gasteiger charge is -2.38. The Morgan fingerprint density at radius 1 is 1.31 bits per heavy atom. The topological polar surface area (TPSA) is 48.0 Å². The Morgan fingerprint density at radius 3 is 2.66 bits per heavy atom. The van der Waals surface area contributed by atoms with Crippen molar-refractivity contribution in [1.82, 2.24) is 4.90 Å². The Balaban J connectivity index is 2.25. The van der Waals surface area contributed by atoms with Gasteiger partial charge in [0.15, 0.2) is 0 Å². The molecule has 0 spiro atoms. The van der Waals surface area contributed by atoms with Crippen molar-refractivity contribution in [3.8, 4) is 23.0 Å². The normalized spacial score (nSPS) is 21.2. The smallest absolute Gasteiger partial charge is 0.416 e. The molecule has 1 fully saturated rings. The predicted octanol–water partition coefficient (Wildman–Crippen LogP) is 5.08. The summed E-state index contributed by atoms with van der Waals surface area (Å²) >= 11 is 0. The molecule has 5 nitrogen and oxygen atoms in total. The van der Waals surface area contributed by atoms with Crippen molar-refractivity contribution < 1.29 is 19.0 Å². The van der Waals surface area contributed by atoms with Crippen LogP contribution in [0.2, 0.25) is 19.6 Å². The molecule has 156 valence electrons. The molecule has 0 bridgehead atoms. The van der Waals surface area contributed by atoms with E-state index >= 15 is 0 Å². The number of rotatable bonds is 5. The Labute approximate surface area is 175 Å². The highest BCUT2D eigenvalue weighted by Crippen LogP contribution is 2.47. The van der Waals surface area contributed by atoms with Crippen molar-refractivity contribution in [2.75, 3.05) is 20.3 Å². The molecule has 2 heterocycles. The molecular weight excluding hydrogens is 382 g/mol. The number of ether oxygens (including phenoxy) is 3. The Kier molecular flexibility index (Phi) is 5.99. The molecule has 0 saturated carbocycles. The van der Waals surface area contributed by atoms with Crippen molar-refractivity contribution in [2.45, 2.75) is 58.2 Å². The average molecular weight is 414 g/mol. The van der Waals surface area contributed by atoms with Gasteiger partial charge in [0, 0.05) is 11.1 Å². The monoisotopic (exact) mass is 413 g/mol. The molecule has 2 aliphatic rings. The molecular formula is C23H31NO4Si. The van der Waals surface area contributed by atoms with Crippen LogP contribution in [0.15, 0.2) is 29.7 Å². The van der Waals surface area contributed by atoms with Gasteiger partial charge in [-0.2, -0.15) is 0 Å². The fraction of sp³-hybridized carbons (Fsp3) is 0.522. The maximum Gasteiger partial charge on any atom is 0.416 e. The van der Waals surface area contributed by atoms with Gasteiger partial charge in [-0.15, -0.1) is 5.54 Å². The molecule has 0 radical (unpaired) electrons. The van der Waals surface area contributed by atoms with Crippen LogP contribution in [-0.2, 0) is 10.2 Å². The fourth-order valence-electron chi connectivity index (χ4n) is 3.62. The van der Waals surface area contributed by atoms with Crippen LogP contribution in [-0.4, -0.2) is 39.3 Å². The number of hydrogen-bond acceptors (Lipinski definition) is 4. The maximum atomic E-state index is 12.4. The van der Waals surface area contributed by atoms with Crippen LogP contribution in [0, 0.1) is 11.5 Å².